The highest BCUT2D eigenvalue weighted by atomic mass is 19.1. The smallest absolute Gasteiger partial charge is 0.214 e. The van der Waals surface area contributed by atoms with E-state index in [-0.39, 0.29) is 5.95 Å². The molecule has 2 saturated carbocycles. The number of rotatable bonds is 2. The highest BCUT2D eigenvalue weighted by molar-refractivity contribution is 5.38. The van der Waals surface area contributed by atoms with Gasteiger partial charge in [0.1, 0.15) is 5.82 Å². The molecule has 4 rings (SSSR count). The molecule has 0 spiro atoms. The highest BCUT2D eigenvalue weighted by Gasteiger charge is 2.42. The fraction of sp³-hybridized carbons (Fsp3) is 0.688. The number of halogens is 1. The van der Waals surface area contributed by atoms with Crippen LogP contribution in [0.1, 0.15) is 25.7 Å². The molecule has 0 N–H and O–H groups in total. The van der Waals surface area contributed by atoms with Gasteiger partial charge in [-0.2, -0.15) is 4.39 Å². The lowest BCUT2D eigenvalue weighted by molar-refractivity contribution is 0.134. The van der Waals surface area contributed by atoms with Crippen molar-refractivity contribution in [3.8, 4) is 0 Å². The lowest BCUT2D eigenvalue weighted by Gasteiger charge is -2.41. The van der Waals surface area contributed by atoms with Crippen molar-refractivity contribution in [1.82, 2.24) is 9.88 Å². The van der Waals surface area contributed by atoms with E-state index in [0.717, 1.165) is 49.9 Å². The number of hydrogen-bond donors (Lipinski definition) is 0. The number of aromatic nitrogens is 1. The third-order valence-corrected chi connectivity index (χ3v) is 5.51. The minimum absolute atomic E-state index is 0.377. The maximum Gasteiger partial charge on any atom is 0.214 e. The molecule has 1 aromatic rings. The number of pyridine rings is 1. The van der Waals surface area contributed by atoms with Crippen LogP contribution in [0.2, 0.25) is 0 Å². The first kappa shape index (κ1) is 12.6. The second kappa shape index (κ2) is 4.99. The van der Waals surface area contributed by atoms with E-state index in [1.54, 1.807) is 6.07 Å². The van der Waals surface area contributed by atoms with Crippen molar-refractivity contribution in [2.24, 2.45) is 11.8 Å². The number of anilines is 1. The number of nitrogens with zero attached hydrogens (tertiary/aromatic N) is 3. The Kier molecular flexibility index (Phi) is 3.14. The molecule has 2 aliphatic carbocycles. The van der Waals surface area contributed by atoms with E-state index >= 15 is 0 Å². The Hall–Kier alpha value is -1.16. The molecule has 0 aromatic carbocycles. The maximum absolute atomic E-state index is 13.2. The van der Waals surface area contributed by atoms with Crippen LogP contribution in [0.25, 0.3) is 0 Å². The molecule has 1 saturated heterocycles. The van der Waals surface area contributed by atoms with Gasteiger partial charge in [0.25, 0.3) is 0 Å². The zero-order valence-electron chi connectivity index (χ0n) is 11.8. The van der Waals surface area contributed by atoms with Crippen LogP contribution in [-0.2, 0) is 0 Å². The van der Waals surface area contributed by atoms with E-state index in [0.29, 0.717) is 0 Å². The average molecular weight is 275 g/mol. The van der Waals surface area contributed by atoms with Crippen molar-refractivity contribution in [2.45, 2.75) is 31.7 Å². The average Bonchev–Trinajstić information content (AvgIpc) is 3.10. The minimum atomic E-state index is -0.377. The molecule has 20 heavy (non-hydrogen) atoms. The van der Waals surface area contributed by atoms with Crippen LogP contribution in [0, 0.1) is 17.8 Å². The predicted molar refractivity (Wildman–Crippen MR) is 77.2 cm³/mol. The Morgan fingerprint density at radius 1 is 1.05 bits per heavy atom. The van der Waals surface area contributed by atoms with Crippen molar-refractivity contribution in [2.75, 3.05) is 31.1 Å². The van der Waals surface area contributed by atoms with E-state index in [1.807, 2.05) is 6.07 Å². The van der Waals surface area contributed by atoms with Crippen LogP contribution in [0.15, 0.2) is 18.2 Å². The second-order valence-corrected chi connectivity index (χ2v) is 6.58. The van der Waals surface area contributed by atoms with Gasteiger partial charge in [-0.15, -0.1) is 0 Å². The molecule has 2 bridgehead atoms. The molecular weight excluding hydrogens is 253 g/mol. The summed E-state index contributed by atoms with van der Waals surface area (Å²) in [5.41, 5.74) is 0. The molecule has 1 aromatic heterocycles. The summed E-state index contributed by atoms with van der Waals surface area (Å²) in [5.74, 6) is 2.38. The second-order valence-electron chi connectivity index (χ2n) is 6.58. The summed E-state index contributed by atoms with van der Waals surface area (Å²) in [5, 5.41) is 0. The van der Waals surface area contributed by atoms with Crippen molar-refractivity contribution in [3.63, 3.8) is 0 Å². The molecule has 3 atom stereocenters. The summed E-state index contributed by atoms with van der Waals surface area (Å²) in [6.45, 7) is 4.16. The van der Waals surface area contributed by atoms with E-state index in [1.165, 1.54) is 31.7 Å². The normalized spacial score (nSPS) is 33.9. The van der Waals surface area contributed by atoms with Crippen molar-refractivity contribution in [1.29, 1.82) is 0 Å². The molecule has 3 aliphatic rings. The quantitative estimate of drug-likeness (QED) is 0.773. The molecule has 0 amide bonds. The number of hydrogen-bond acceptors (Lipinski definition) is 3. The monoisotopic (exact) mass is 275 g/mol. The number of fused-ring (bicyclic) bond motifs is 2. The first-order valence-electron chi connectivity index (χ1n) is 7.91. The molecule has 1 aliphatic heterocycles. The fourth-order valence-corrected chi connectivity index (χ4v) is 4.51. The summed E-state index contributed by atoms with van der Waals surface area (Å²) >= 11 is 0. The van der Waals surface area contributed by atoms with Gasteiger partial charge in [0.15, 0.2) is 0 Å². The summed E-state index contributed by atoms with van der Waals surface area (Å²) in [6, 6.07) is 5.90. The maximum atomic E-state index is 13.2. The minimum Gasteiger partial charge on any atom is -0.354 e. The van der Waals surface area contributed by atoms with Gasteiger partial charge in [-0.05, 0) is 43.2 Å². The van der Waals surface area contributed by atoms with Gasteiger partial charge in [-0.1, -0.05) is 12.5 Å². The molecule has 0 radical (unpaired) electrons. The molecule has 3 nitrogen and oxygen atoms in total. The van der Waals surface area contributed by atoms with E-state index in [2.05, 4.69) is 14.8 Å². The SMILES string of the molecule is Fc1cccc(N2CCN(C3CC4CCC3C4)CC2)n1. The van der Waals surface area contributed by atoms with Crippen LogP contribution < -0.4 is 4.90 Å². The zero-order chi connectivity index (χ0) is 13.5. The fourth-order valence-electron chi connectivity index (χ4n) is 4.51. The largest absolute Gasteiger partial charge is 0.354 e. The number of piperazine rings is 1. The topological polar surface area (TPSA) is 19.4 Å². The van der Waals surface area contributed by atoms with Gasteiger partial charge in [-0.3, -0.25) is 4.90 Å². The lowest BCUT2D eigenvalue weighted by Crippen LogP contribution is -2.52. The van der Waals surface area contributed by atoms with Gasteiger partial charge in [0.05, 0.1) is 0 Å². The summed E-state index contributed by atoms with van der Waals surface area (Å²) in [6.07, 6.45) is 5.80. The van der Waals surface area contributed by atoms with E-state index in [9.17, 15) is 4.39 Å². The van der Waals surface area contributed by atoms with E-state index < -0.39 is 0 Å². The van der Waals surface area contributed by atoms with Crippen LogP contribution in [0.5, 0.6) is 0 Å². The molecule has 3 fully saturated rings. The Labute approximate surface area is 119 Å². The van der Waals surface area contributed by atoms with Crippen LogP contribution in [0.4, 0.5) is 10.2 Å². The van der Waals surface area contributed by atoms with Crippen molar-refractivity contribution >= 4 is 5.82 Å². The molecular formula is C16H22FN3. The standard InChI is InChI=1S/C16H22FN3/c17-15-2-1-3-16(18-15)20-8-6-19(7-9-20)14-11-12-4-5-13(14)10-12/h1-3,12-14H,4-11H2. The van der Waals surface area contributed by atoms with Gasteiger partial charge >= 0.3 is 0 Å². The summed E-state index contributed by atoms with van der Waals surface area (Å²) < 4.78 is 13.2. The third kappa shape index (κ3) is 2.20. The highest BCUT2D eigenvalue weighted by Crippen LogP contribution is 2.46. The summed E-state index contributed by atoms with van der Waals surface area (Å²) in [4.78, 5) is 8.89. The Bertz CT molecular complexity index is 484. The van der Waals surface area contributed by atoms with Crippen LogP contribution in [-0.4, -0.2) is 42.1 Å². The molecule has 4 heteroatoms. The Balaban J connectivity index is 1.38. The van der Waals surface area contributed by atoms with Gasteiger partial charge in [0, 0.05) is 32.2 Å². The van der Waals surface area contributed by atoms with Crippen molar-refractivity contribution < 1.29 is 4.39 Å². The van der Waals surface area contributed by atoms with Gasteiger partial charge in [-0.25, -0.2) is 4.98 Å². The van der Waals surface area contributed by atoms with E-state index in [4.69, 9.17) is 0 Å². The first-order chi connectivity index (χ1) is 9.79. The van der Waals surface area contributed by atoms with Crippen LogP contribution >= 0.6 is 0 Å². The van der Waals surface area contributed by atoms with Gasteiger partial charge < -0.3 is 4.90 Å². The van der Waals surface area contributed by atoms with Gasteiger partial charge in [0.2, 0.25) is 5.95 Å². The third-order valence-electron chi connectivity index (χ3n) is 5.51. The van der Waals surface area contributed by atoms with Crippen LogP contribution in [0.3, 0.4) is 0 Å². The first-order valence-corrected chi connectivity index (χ1v) is 7.91. The zero-order valence-corrected chi connectivity index (χ0v) is 11.8. The Morgan fingerprint density at radius 2 is 1.90 bits per heavy atom. The Morgan fingerprint density at radius 3 is 2.55 bits per heavy atom. The molecule has 108 valence electrons. The summed E-state index contributed by atoms with van der Waals surface area (Å²) in [7, 11) is 0. The lowest BCUT2D eigenvalue weighted by atomic mass is 9.93. The molecule has 2 heterocycles. The van der Waals surface area contributed by atoms with Crippen molar-refractivity contribution in [3.05, 3.63) is 24.1 Å². The predicted octanol–water partition coefficient (Wildman–Crippen LogP) is 2.53. The molecule has 3 unspecified atom stereocenters.